The number of hydrogen-bond donors (Lipinski definition) is 2. The summed E-state index contributed by atoms with van der Waals surface area (Å²) in [6.07, 6.45) is -3.16. The number of rotatable bonds is 8. The number of aliphatic hydroxyl groups excluding tert-OH is 1. The zero-order valence-corrected chi connectivity index (χ0v) is 18.5. The number of carbonyl (C=O) groups is 1. The number of aliphatic hydroxyl groups is 1. The molecule has 2 N–H and O–H groups in total. The van der Waals surface area contributed by atoms with Crippen molar-refractivity contribution in [1.82, 2.24) is 5.32 Å². The molecule has 158 valence electrons. The molecule has 2 rings (SSSR count). The zero-order valence-electron chi connectivity index (χ0n) is 17.5. The van der Waals surface area contributed by atoms with Gasteiger partial charge in [0.05, 0.1) is 6.10 Å². The molecule has 1 saturated heterocycles. The fourth-order valence-electron chi connectivity index (χ4n) is 3.08. The predicted molar refractivity (Wildman–Crippen MR) is 108 cm³/mol. The highest BCUT2D eigenvalue weighted by Gasteiger charge is 2.49. The molecule has 1 aromatic rings. The minimum atomic E-state index is -1.91. The van der Waals surface area contributed by atoms with E-state index in [2.05, 4.69) is 32.3 Å². The van der Waals surface area contributed by atoms with Gasteiger partial charge in [0.15, 0.2) is 14.6 Å². The molecule has 8 heteroatoms. The SMILES string of the molecule is CO[C@H]1[C@H]([C@@H](C)O[Si](C)(C)C(C)C)OC(O)[C@@H]1NC(=O)OCc1ccccc1. The highest BCUT2D eigenvalue weighted by Crippen LogP contribution is 2.30. The maximum absolute atomic E-state index is 12.2. The average molecular weight is 412 g/mol. The van der Waals surface area contributed by atoms with Crippen LogP contribution in [-0.2, 0) is 25.2 Å². The van der Waals surface area contributed by atoms with Gasteiger partial charge >= 0.3 is 6.09 Å². The Balaban J connectivity index is 1.96. The van der Waals surface area contributed by atoms with E-state index in [-0.39, 0.29) is 12.7 Å². The van der Waals surface area contributed by atoms with E-state index in [9.17, 15) is 9.90 Å². The third-order valence-corrected chi connectivity index (χ3v) is 9.15. The van der Waals surface area contributed by atoms with Crippen LogP contribution in [0.15, 0.2) is 30.3 Å². The molecule has 7 nitrogen and oxygen atoms in total. The third-order valence-electron chi connectivity index (χ3n) is 5.39. The summed E-state index contributed by atoms with van der Waals surface area (Å²) in [5, 5.41) is 13.0. The van der Waals surface area contributed by atoms with Gasteiger partial charge in [-0.15, -0.1) is 0 Å². The van der Waals surface area contributed by atoms with Crippen molar-refractivity contribution in [2.45, 2.75) is 76.7 Å². The van der Waals surface area contributed by atoms with Crippen molar-refractivity contribution in [3.05, 3.63) is 35.9 Å². The maximum Gasteiger partial charge on any atom is 0.407 e. The van der Waals surface area contributed by atoms with Gasteiger partial charge < -0.3 is 29.1 Å². The van der Waals surface area contributed by atoms with Crippen molar-refractivity contribution in [1.29, 1.82) is 0 Å². The molecule has 1 amide bonds. The lowest BCUT2D eigenvalue weighted by molar-refractivity contribution is -0.128. The summed E-state index contributed by atoms with van der Waals surface area (Å²) < 4.78 is 22.8. The Labute approximate surface area is 168 Å². The van der Waals surface area contributed by atoms with Crippen LogP contribution in [0.3, 0.4) is 0 Å². The summed E-state index contributed by atoms with van der Waals surface area (Å²) in [4.78, 5) is 12.2. The van der Waals surface area contributed by atoms with E-state index in [1.807, 2.05) is 37.3 Å². The Morgan fingerprint density at radius 3 is 2.46 bits per heavy atom. The van der Waals surface area contributed by atoms with E-state index in [1.165, 1.54) is 7.11 Å². The molecule has 1 aromatic carbocycles. The van der Waals surface area contributed by atoms with E-state index in [0.717, 1.165) is 5.56 Å². The monoisotopic (exact) mass is 411 g/mol. The van der Waals surface area contributed by atoms with Crippen molar-refractivity contribution >= 4 is 14.4 Å². The first-order chi connectivity index (χ1) is 13.2. The fourth-order valence-corrected chi connectivity index (χ4v) is 4.45. The fraction of sp³-hybridized carbons (Fsp3) is 0.650. The van der Waals surface area contributed by atoms with Crippen LogP contribution in [0.4, 0.5) is 4.79 Å². The Morgan fingerprint density at radius 2 is 1.89 bits per heavy atom. The Morgan fingerprint density at radius 1 is 1.25 bits per heavy atom. The number of methoxy groups -OCH3 is 1. The average Bonchev–Trinajstić information content (AvgIpc) is 2.96. The molecular weight excluding hydrogens is 378 g/mol. The molecule has 1 heterocycles. The van der Waals surface area contributed by atoms with Gasteiger partial charge in [-0.2, -0.15) is 0 Å². The van der Waals surface area contributed by atoms with Crippen LogP contribution >= 0.6 is 0 Å². The van der Waals surface area contributed by atoms with Gasteiger partial charge in [-0.05, 0) is 31.1 Å². The second-order valence-corrected chi connectivity index (χ2v) is 12.6. The van der Waals surface area contributed by atoms with Crippen molar-refractivity contribution in [2.75, 3.05) is 7.11 Å². The van der Waals surface area contributed by atoms with Gasteiger partial charge in [0.1, 0.15) is 24.9 Å². The molecule has 1 aliphatic rings. The molecule has 0 aromatic heterocycles. The van der Waals surface area contributed by atoms with Crippen molar-refractivity contribution in [2.24, 2.45) is 0 Å². The predicted octanol–water partition coefficient (Wildman–Crippen LogP) is 3.03. The van der Waals surface area contributed by atoms with Gasteiger partial charge in [0, 0.05) is 7.11 Å². The van der Waals surface area contributed by atoms with Crippen LogP contribution in [0.2, 0.25) is 18.6 Å². The van der Waals surface area contributed by atoms with Gasteiger partial charge in [-0.25, -0.2) is 4.79 Å². The molecule has 0 aliphatic carbocycles. The highest BCUT2D eigenvalue weighted by atomic mass is 28.4. The van der Waals surface area contributed by atoms with E-state index < -0.39 is 39.0 Å². The van der Waals surface area contributed by atoms with Crippen LogP contribution in [0, 0.1) is 0 Å². The molecule has 0 spiro atoms. The second kappa shape index (κ2) is 9.84. The Bertz CT molecular complexity index is 626. The Hall–Kier alpha value is -1.45. The molecule has 1 aliphatic heterocycles. The van der Waals surface area contributed by atoms with Gasteiger partial charge in [-0.1, -0.05) is 44.2 Å². The number of hydrogen-bond acceptors (Lipinski definition) is 6. The normalized spacial score (nSPS) is 26.3. The number of benzene rings is 1. The molecule has 0 saturated carbocycles. The summed E-state index contributed by atoms with van der Waals surface area (Å²) in [5.74, 6) is 0. The quantitative estimate of drug-likeness (QED) is 0.640. The summed E-state index contributed by atoms with van der Waals surface area (Å²) in [6, 6.07) is 8.64. The smallest absolute Gasteiger partial charge is 0.407 e. The molecule has 0 radical (unpaired) electrons. The maximum atomic E-state index is 12.2. The second-order valence-electron chi connectivity index (χ2n) is 8.00. The van der Waals surface area contributed by atoms with Gasteiger partial charge in [0.2, 0.25) is 0 Å². The van der Waals surface area contributed by atoms with Crippen LogP contribution in [0.5, 0.6) is 0 Å². The topological polar surface area (TPSA) is 86.3 Å². The molecule has 0 bridgehead atoms. The molecular formula is C20H33NO6Si. The molecule has 1 unspecified atom stereocenters. The lowest BCUT2D eigenvalue weighted by Gasteiger charge is -2.34. The first kappa shape index (κ1) is 22.8. The number of alkyl carbamates (subject to hydrolysis) is 1. The number of ether oxygens (including phenoxy) is 3. The largest absolute Gasteiger partial charge is 0.445 e. The van der Waals surface area contributed by atoms with Crippen molar-refractivity contribution in [3.63, 3.8) is 0 Å². The third kappa shape index (κ3) is 5.77. The van der Waals surface area contributed by atoms with Crippen molar-refractivity contribution < 1.29 is 28.5 Å². The van der Waals surface area contributed by atoms with Crippen molar-refractivity contribution in [3.8, 4) is 0 Å². The van der Waals surface area contributed by atoms with Crippen LogP contribution in [0.1, 0.15) is 26.3 Å². The standard InChI is InChI=1S/C20H33NO6Si/c1-13(2)28(5,6)27-14(3)17-18(24-4)16(19(22)26-17)21-20(23)25-12-15-10-8-7-9-11-15/h7-11,13-14,16-19,22H,12H2,1-6H3,(H,21,23)/t14-,16-,17+,18-,19?/m1/s1. The summed E-state index contributed by atoms with van der Waals surface area (Å²) in [7, 11) is -0.381. The first-order valence-electron chi connectivity index (χ1n) is 9.67. The number of nitrogens with one attached hydrogen (secondary N) is 1. The van der Waals surface area contributed by atoms with E-state index >= 15 is 0 Å². The van der Waals surface area contributed by atoms with E-state index in [4.69, 9.17) is 18.6 Å². The lowest BCUT2D eigenvalue weighted by atomic mass is 10.1. The Kier molecular flexibility index (Phi) is 8.03. The van der Waals surface area contributed by atoms with Gasteiger partial charge in [0.25, 0.3) is 0 Å². The van der Waals surface area contributed by atoms with Crippen LogP contribution in [-0.4, -0.2) is 57.3 Å². The first-order valence-corrected chi connectivity index (χ1v) is 12.7. The molecule has 5 atom stereocenters. The minimum Gasteiger partial charge on any atom is -0.445 e. The van der Waals surface area contributed by atoms with Crippen LogP contribution < -0.4 is 5.32 Å². The van der Waals surface area contributed by atoms with E-state index in [0.29, 0.717) is 5.54 Å². The summed E-state index contributed by atoms with van der Waals surface area (Å²) in [5.41, 5.74) is 1.31. The van der Waals surface area contributed by atoms with E-state index in [1.54, 1.807) is 0 Å². The minimum absolute atomic E-state index is 0.144. The lowest BCUT2D eigenvalue weighted by Crippen LogP contribution is -2.51. The summed E-state index contributed by atoms with van der Waals surface area (Å²) >= 11 is 0. The molecule has 28 heavy (non-hydrogen) atoms. The number of amides is 1. The van der Waals surface area contributed by atoms with Crippen LogP contribution in [0.25, 0.3) is 0 Å². The van der Waals surface area contributed by atoms with Gasteiger partial charge in [-0.3, -0.25) is 0 Å². The number of carbonyl (C=O) groups excluding carboxylic acids is 1. The highest BCUT2D eigenvalue weighted by molar-refractivity contribution is 6.72. The molecule has 1 fully saturated rings. The summed E-state index contributed by atoms with van der Waals surface area (Å²) in [6.45, 7) is 10.6. The zero-order chi connectivity index (χ0) is 20.9.